The largest absolute Gasteiger partial charge is 0.405 e. The van der Waals surface area contributed by atoms with Crippen molar-refractivity contribution >= 4 is 0 Å². The summed E-state index contributed by atoms with van der Waals surface area (Å²) in [5.74, 6) is 1.35. The summed E-state index contributed by atoms with van der Waals surface area (Å²) in [6.45, 7) is 2.27. The molecule has 1 aliphatic rings. The van der Waals surface area contributed by atoms with Gasteiger partial charge in [0.2, 0.25) is 0 Å². The number of allylic oxidation sites excluding steroid dienone is 3. The fourth-order valence-electron chi connectivity index (χ4n) is 1.38. The maximum atomic E-state index is 5.31. The lowest BCUT2D eigenvalue weighted by atomic mass is 9.85. The van der Waals surface area contributed by atoms with Crippen LogP contribution in [-0.2, 0) is 0 Å². The van der Waals surface area contributed by atoms with E-state index in [-0.39, 0.29) is 0 Å². The highest BCUT2D eigenvalue weighted by atomic mass is 14.5. The predicted molar refractivity (Wildman–Crippen MR) is 44.4 cm³/mol. The van der Waals surface area contributed by atoms with Crippen LogP contribution in [0.5, 0.6) is 0 Å². The van der Waals surface area contributed by atoms with Gasteiger partial charge in [0.05, 0.1) is 0 Å². The van der Waals surface area contributed by atoms with Crippen molar-refractivity contribution in [1.82, 2.24) is 0 Å². The fraction of sp³-hybridized carbons (Fsp3) is 0.556. The van der Waals surface area contributed by atoms with Crippen molar-refractivity contribution in [2.45, 2.75) is 19.8 Å². The molecule has 1 aliphatic carbocycles. The molecular weight excluding hydrogens is 122 g/mol. The smallest absolute Gasteiger partial charge is 0.00106 e. The average molecular weight is 137 g/mol. The minimum absolute atomic E-state index is 0.582. The molecule has 0 aromatic carbocycles. The molecule has 1 nitrogen and oxygen atoms in total. The van der Waals surface area contributed by atoms with Crippen molar-refractivity contribution < 1.29 is 0 Å². The molecule has 0 bridgehead atoms. The quantitative estimate of drug-likeness (QED) is 0.550. The highest BCUT2D eigenvalue weighted by Crippen LogP contribution is 2.24. The lowest BCUT2D eigenvalue weighted by Crippen LogP contribution is -2.10. The van der Waals surface area contributed by atoms with Gasteiger partial charge < -0.3 is 5.73 Å². The third kappa shape index (κ3) is 1.63. The van der Waals surface area contributed by atoms with Crippen LogP contribution in [0.15, 0.2) is 24.4 Å². The Hall–Kier alpha value is -0.720. The van der Waals surface area contributed by atoms with Gasteiger partial charge in [-0.25, -0.2) is 0 Å². The first-order chi connectivity index (χ1) is 4.84. The SMILES string of the molecule is CC1CCC=CC1/C=C\N. The first-order valence-electron chi connectivity index (χ1n) is 3.89. The van der Waals surface area contributed by atoms with E-state index in [0.717, 1.165) is 5.92 Å². The number of nitrogens with two attached hydrogens (primary N) is 1. The Morgan fingerprint density at radius 1 is 1.60 bits per heavy atom. The highest BCUT2D eigenvalue weighted by Gasteiger charge is 2.13. The molecule has 0 radical (unpaired) electrons. The average Bonchev–Trinajstić information content (AvgIpc) is 1.94. The van der Waals surface area contributed by atoms with E-state index in [4.69, 9.17) is 5.73 Å². The summed E-state index contributed by atoms with van der Waals surface area (Å²) in [5, 5.41) is 0. The molecule has 0 amide bonds. The van der Waals surface area contributed by atoms with Crippen molar-refractivity contribution in [3.63, 3.8) is 0 Å². The zero-order valence-electron chi connectivity index (χ0n) is 6.46. The summed E-state index contributed by atoms with van der Waals surface area (Å²) in [6, 6.07) is 0. The highest BCUT2D eigenvalue weighted by molar-refractivity contribution is 5.04. The first-order valence-corrected chi connectivity index (χ1v) is 3.89. The second-order valence-corrected chi connectivity index (χ2v) is 2.95. The third-order valence-corrected chi connectivity index (χ3v) is 2.14. The zero-order chi connectivity index (χ0) is 7.40. The van der Waals surface area contributed by atoms with E-state index in [1.54, 1.807) is 6.20 Å². The fourth-order valence-corrected chi connectivity index (χ4v) is 1.38. The third-order valence-electron chi connectivity index (χ3n) is 2.14. The van der Waals surface area contributed by atoms with Gasteiger partial charge in [-0.05, 0) is 30.9 Å². The summed E-state index contributed by atoms with van der Waals surface area (Å²) < 4.78 is 0. The van der Waals surface area contributed by atoms with Crippen molar-refractivity contribution in [3.05, 3.63) is 24.4 Å². The van der Waals surface area contributed by atoms with Crippen LogP contribution in [0.1, 0.15) is 19.8 Å². The van der Waals surface area contributed by atoms with Gasteiger partial charge in [-0.2, -0.15) is 0 Å². The predicted octanol–water partition coefficient (Wildman–Crippen LogP) is 2.06. The van der Waals surface area contributed by atoms with Crippen molar-refractivity contribution in [1.29, 1.82) is 0 Å². The lowest BCUT2D eigenvalue weighted by molar-refractivity contribution is 0.446. The summed E-state index contributed by atoms with van der Waals surface area (Å²) in [4.78, 5) is 0. The number of rotatable bonds is 1. The van der Waals surface area contributed by atoms with Gasteiger partial charge in [-0.1, -0.05) is 25.2 Å². The van der Waals surface area contributed by atoms with Crippen molar-refractivity contribution in [3.8, 4) is 0 Å². The molecule has 2 N–H and O–H groups in total. The topological polar surface area (TPSA) is 26.0 Å². The molecule has 1 rings (SSSR count). The van der Waals surface area contributed by atoms with Crippen LogP contribution in [0.2, 0.25) is 0 Å². The summed E-state index contributed by atoms with van der Waals surface area (Å²) in [5.41, 5.74) is 5.31. The Kier molecular flexibility index (Phi) is 2.55. The standard InChI is InChI=1S/C9H15N/c1-8-4-2-3-5-9(8)6-7-10/h3,5-9H,2,4,10H2,1H3/b7-6-. The van der Waals surface area contributed by atoms with E-state index in [2.05, 4.69) is 25.2 Å². The molecule has 0 saturated heterocycles. The van der Waals surface area contributed by atoms with E-state index < -0.39 is 0 Å². The molecule has 2 unspecified atom stereocenters. The molecule has 56 valence electrons. The molecule has 0 aromatic rings. The molecule has 0 saturated carbocycles. The molecule has 2 atom stereocenters. The molecule has 0 fully saturated rings. The van der Waals surface area contributed by atoms with E-state index >= 15 is 0 Å². The van der Waals surface area contributed by atoms with Crippen LogP contribution in [0.4, 0.5) is 0 Å². The zero-order valence-corrected chi connectivity index (χ0v) is 6.46. The van der Waals surface area contributed by atoms with E-state index in [1.807, 2.05) is 0 Å². The maximum absolute atomic E-state index is 5.31. The molecule has 0 aromatic heterocycles. The Bertz CT molecular complexity index is 147. The molecule has 10 heavy (non-hydrogen) atoms. The van der Waals surface area contributed by atoms with Crippen LogP contribution in [0, 0.1) is 11.8 Å². The Labute approximate surface area is 62.6 Å². The lowest BCUT2D eigenvalue weighted by Gasteiger charge is -2.20. The van der Waals surface area contributed by atoms with Gasteiger partial charge in [0.25, 0.3) is 0 Å². The summed E-state index contributed by atoms with van der Waals surface area (Å²) >= 11 is 0. The normalized spacial score (nSPS) is 33.3. The summed E-state index contributed by atoms with van der Waals surface area (Å²) in [6.07, 6.45) is 10.7. The van der Waals surface area contributed by atoms with Gasteiger partial charge in [0.15, 0.2) is 0 Å². The molecule has 1 heteroatoms. The van der Waals surface area contributed by atoms with E-state index in [1.165, 1.54) is 12.8 Å². The minimum Gasteiger partial charge on any atom is -0.405 e. The van der Waals surface area contributed by atoms with E-state index in [9.17, 15) is 0 Å². The maximum Gasteiger partial charge on any atom is -0.00106 e. The second-order valence-electron chi connectivity index (χ2n) is 2.95. The summed E-state index contributed by atoms with van der Waals surface area (Å²) in [7, 11) is 0. The second kappa shape index (κ2) is 3.45. The molecule has 0 spiro atoms. The Balaban J connectivity index is 2.55. The number of hydrogen-bond acceptors (Lipinski definition) is 1. The van der Waals surface area contributed by atoms with Crippen molar-refractivity contribution in [2.75, 3.05) is 0 Å². The Morgan fingerprint density at radius 3 is 3.00 bits per heavy atom. The monoisotopic (exact) mass is 137 g/mol. The minimum atomic E-state index is 0.582. The molecule has 0 aliphatic heterocycles. The van der Waals surface area contributed by atoms with Crippen LogP contribution < -0.4 is 5.73 Å². The van der Waals surface area contributed by atoms with Crippen LogP contribution in [-0.4, -0.2) is 0 Å². The van der Waals surface area contributed by atoms with Crippen LogP contribution in [0.25, 0.3) is 0 Å². The van der Waals surface area contributed by atoms with E-state index in [0.29, 0.717) is 5.92 Å². The number of hydrogen-bond donors (Lipinski definition) is 1. The van der Waals surface area contributed by atoms with Gasteiger partial charge in [-0.15, -0.1) is 0 Å². The van der Waals surface area contributed by atoms with Gasteiger partial charge in [0.1, 0.15) is 0 Å². The van der Waals surface area contributed by atoms with Gasteiger partial charge in [-0.3, -0.25) is 0 Å². The molecular formula is C9H15N. The van der Waals surface area contributed by atoms with Crippen LogP contribution >= 0.6 is 0 Å². The van der Waals surface area contributed by atoms with Gasteiger partial charge >= 0.3 is 0 Å². The Morgan fingerprint density at radius 2 is 2.40 bits per heavy atom. The van der Waals surface area contributed by atoms with Crippen LogP contribution in [0.3, 0.4) is 0 Å². The van der Waals surface area contributed by atoms with Gasteiger partial charge in [0, 0.05) is 0 Å². The molecule has 0 heterocycles. The van der Waals surface area contributed by atoms with Crippen molar-refractivity contribution in [2.24, 2.45) is 17.6 Å². The first kappa shape index (κ1) is 7.39.